The Balaban J connectivity index is 2.55. The van der Waals surface area contributed by atoms with E-state index in [1.807, 2.05) is 6.07 Å². The Hall–Kier alpha value is -1.86. The van der Waals surface area contributed by atoms with Gasteiger partial charge in [0, 0.05) is 6.07 Å². The van der Waals surface area contributed by atoms with Gasteiger partial charge in [-0.3, -0.25) is 0 Å². The Morgan fingerprint density at radius 2 is 2.29 bits per heavy atom. The number of furan rings is 1. The Morgan fingerprint density at radius 1 is 1.43 bits per heavy atom. The predicted molar refractivity (Wildman–Crippen MR) is 49.5 cm³/mol. The zero-order chi connectivity index (χ0) is 9.97. The molecule has 0 fully saturated rings. The van der Waals surface area contributed by atoms with Crippen molar-refractivity contribution in [1.29, 1.82) is 5.26 Å². The predicted octanol–water partition coefficient (Wildman–Crippen LogP) is 2.26. The second-order valence-corrected chi connectivity index (χ2v) is 2.83. The van der Waals surface area contributed by atoms with E-state index >= 15 is 0 Å². The van der Waals surface area contributed by atoms with Crippen LogP contribution in [0.15, 0.2) is 28.9 Å². The summed E-state index contributed by atoms with van der Waals surface area (Å²) in [6.07, 6.45) is 1.53. The molecule has 0 atom stereocenters. The van der Waals surface area contributed by atoms with Crippen LogP contribution in [-0.4, -0.2) is 9.97 Å². The van der Waals surface area contributed by atoms with Crippen molar-refractivity contribution in [1.82, 2.24) is 9.97 Å². The van der Waals surface area contributed by atoms with E-state index in [4.69, 9.17) is 21.3 Å². The van der Waals surface area contributed by atoms with E-state index in [1.54, 1.807) is 12.1 Å². The van der Waals surface area contributed by atoms with Crippen LogP contribution >= 0.6 is 11.6 Å². The Kier molecular flexibility index (Phi) is 2.17. The molecule has 2 aromatic rings. The minimum absolute atomic E-state index is 0.0375. The summed E-state index contributed by atoms with van der Waals surface area (Å²) < 4.78 is 5.12. The van der Waals surface area contributed by atoms with E-state index in [1.165, 1.54) is 12.3 Å². The van der Waals surface area contributed by atoms with Gasteiger partial charge in [-0.25, -0.2) is 9.97 Å². The van der Waals surface area contributed by atoms with Gasteiger partial charge in [-0.15, -0.1) is 0 Å². The van der Waals surface area contributed by atoms with Crippen LogP contribution in [0.25, 0.3) is 11.5 Å². The molecule has 5 heteroatoms. The molecule has 0 aliphatic carbocycles. The third-order valence-corrected chi connectivity index (χ3v) is 1.76. The normalized spacial score (nSPS) is 9.71. The highest BCUT2D eigenvalue weighted by Crippen LogP contribution is 2.19. The minimum Gasteiger partial charge on any atom is -0.463 e. The molecule has 0 spiro atoms. The third-order valence-electron chi connectivity index (χ3n) is 1.59. The first-order valence-corrected chi connectivity index (χ1v) is 4.16. The second kappa shape index (κ2) is 3.48. The van der Waals surface area contributed by atoms with Crippen molar-refractivity contribution in [3.8, 4) is 17.5 Å². The molecule has 68 valence electrons. The van der Waals surface area contributed by atoms with Crippen LogP contribution in [0, 0.1) is 11.3 Å². The first-order chi connectivity index (χ1) is 6.79. The van der Waals surface area contributed by atoms with Crippen LogP contribution in [0.3, 0.4) is 0 Å². The Morgan fingerprint density at radius 3 is 2.93 bits per heavy atom. The lowest BCUT2D eigenvalue weighted by Crippen LogP contribution is -1.90. The van der Waals surface area contributed by atoms with E-state index in [9.17, 15) is 0 Å². The van der Waals surface area contributed by atoms with Crippen LogP contribution < -0.4 is 0 Å². The van der Waals surface area contributed by atoms with Gasteiger partial charge in [-0.05, 0) is 23.7 Å². The van der Waals surface area contributed by atoms with Gasteiger partial charge in [0.1, 0.15) is 17.5 Å². The Bertz CT molecular complexity index is 487. The van der Waals surface area contributed by atoms with Gasteiger partial charge in [-0.1, -0.05) is 0 Å². The molecule has 0 aliphatic heterocycles. The highest BCUT2D eigenvalue weighted by atomic mass is 35.5. The average Bonchev–Trinajstić information content (AvgIpc) is 2.69. The summed E-state index contributed by atoms with van der Waals surface area (Å²) in [6.45, 7) is 0. The lowest BCUT2D eigenvalue weighted by molar-refractivity contribution is 0.580. The molecule has 4 nitrogen and oxygen atoms in total. The molecule has 0 aromatic carbocycles. The standard InChI is InChI=1S/C9H4ClN3O/c10-9-12-6(5-11)4-7(13-9)8-2-1-3-14-8/h1-4H. The number of hydrogen-bond acceptors (Lipinski definition) is 4. The van der Waals surface area contributed by atoms with E-state index in [2.05, 4.69) is 9.97 Å². The van der Waals surface area contributed by atoms with Gasteiger partial charge in [0.2, 0.25) is 5.28 Å². The monoisotopic (exact) mass is 205 g/mol. The van der Waals surface area contributed by atoms with Gasteiger partial charge in [0.15, 0.2) is 5.76 Å². The number of nitrogens with zero attached hydrogens (tertiary/aromatic N) is 3. The molecule has 2 rings (SSSR count). The van der Waals surface area contributed by atoms with Crippen molar-refractivity contribution in [3.63, 3.8) is 0 Å². The summed E-state index contributed by atoms with van der Waals surface area (Å²) in [5.74, 6) is 0.561. The zero-order valence-electron chi connectivity index (χ0n) is 6.94. The van der Waals surface area contributed by atoms with Crippen LogP contribution in [0.2, 0.25) is 5.28 Å². The van der Waals surface area contributed by atoms with Crippen molar-refractivity contribution in [2.45, 2.75) is 0 Å². The fraction of sp³-hybridized carbons (Fsp3) is 0. The number of aromatic nitrogens is 2. The average molecular weight is 206 g/mol. The van der Waals surface area contributed by atoms with Crippen LogP contribution in [-0.2, 0) is 0 Å². The highest BCUT2D eigenvalue weighted by molar-refractivity contribution is 6.28. The maximum Gasteiger partial charge on any atom is 0.224 e. The van der Waals surface area contributed by atoms with Crippen molar-refractivity contribution >= 4 is 11.6 Å². The molecule has 0 unspecified atom stereocenters. The van der Waals surface area contributed by atoms with Crippen LogP contribution in [0.4, 0.5) is 0 Å². The smallest absolute Gasteiger partial charge is 0.224 e. The minimum atomic E-state index is 0.0375. The van der Waals surface area contributed by atoms with Crippen molar-refractivity contribution < 1.29 is 4.42 Å². The second-order valence-electron chi connectivity index (χ2n) is 2.50. The van der Waals surface area contributed by atoms with Crippen LogP contribution in [0.1, 0.15) is 5.69 Å². The third kappa shape index (κ3) is 1.58. The number of hydrogen-bond donors (Lipinski definition) is 0. The molecule has 0 saturated carbocycles. The molecule has 0 bridgehead atoms. The molecular weight excluding hydrogens is 202 g/mol. The van der Waals surface area contributed by atoms with E-state index in [0.717, 1.165) is 0 Å². The summed E-state index contributed by atoms with van der Waals surface area (Å²) >= 11 is 5.63. The molecule has 0 amide bonds. The topological polar surface area (TPSA) is 62.7 Å². The maximum atomic E-state index is 8.65. The summed E-state index contributed by atoms with van der Waals surface area (Å²) in [5.41, 5.74) is 0.725. The first kappa shape index (κ1) is 8.73. The number of halogens is 1. The molecule has 0 saturated heterocycles. The van der Waals surface area contributed by atoms with E-state index in [0.29, 0.717) is 11.5 Å². The van der Waals surface area contributed by atoms with Crippen molar-refractivity contribution in [3.05, 3.63) is 35.4 Å². The molecule has 2 aromatic heterocycles. The zero-order valence-corrected chi connectivity index (χ0v) is 7.69. The number of rotatable bonds is 1. The van der Waals surface area contributed by atoms with Gasteiger partial charge >= 0.3 is 0 Å². The number of nitriles is 1. The summed E-state index contributed by atoms with van der Waals surface area (Å²) in [4.78, 5) is 7.65. The molecule has 14 heavy (non-hydrogen) atoms. The molecule has 0 N–H and O–H groups in total. The Labute approximate surface area is 84.8 Å². The van der Waals surface area contributed by atoms with Gasteiger partial charge < -0.3 is 4.42 Å². The molecule has 0 radical (unpaired) electrons. The molecule has 0 aliphatic rings. The first-order valence-electron chi connectivity index (χ1n) is 3.78. The maximum absolute atomic E-state index is 8.65. The largest absolute Gasteiger partial charge is 0.463 e. The summed E-state index contributed by atoms with van der Waals surface area (Å²) in [5, 5.41) is 8.69. The fourth-order valence-corrected chi connectivity index (χ4v) is 1.21. The van der Waals surface area contributed by atoms with Crippen molar-refractivity contribution in [2.24, 2.45) is 0 Å². The lowest BCUT2D eigenvalue weighted by atomic mass is 10.3. The summed E-state index contributed by atoms with van der Waals surface area (Å²) in [7, 11) is 0. The van der Waals surface area contributed by atoms with E-state index < -0.39 is 0 Å². The van der Waals surface area contributed by atoms with Crippen LogP contribution in [0.5, 0.6) is 0 Å². The molecule has 2 heterocycles. The van der Waals surface area contributed by atoms with Crippen molar-refractivity contribution in [2.75, 3.05) is 0 Å². The molecular formula is C9H4ClN3O. The van der Waals surface area contributed by atoms with Gasteiger partial charge in [0.05, 0.1) is 6.26 Å². The van der Waals surface area contributed by atoms with E-state index in [-0.39, 0.29) is 11.0 Å². The fourth-order valence-electron chi connectivity index (χ4n) is 1.03. The SMILES string of the molecule is N#Cc1cc(-c2ccco2)nc(Cl)n1. The van der Waals surface area contributed by atoms with Gasteiger partial charge in [0.25, 0.3) is 0 Å². The highest BCUT2D eigenvalue weighted by Gasteiger charge is 2.06. The summed E-state index contributed by atoms with van der Waals surface area (Å²) in [6, 6.07) is 6.88. The quantitative estimate of drug-likeness (QED) is 0.670. The van der Waals surface area contributed by atoms with Gasteiger partial charge in [-0.2, -0.15) is 5.26 Å². The lowest BCUT2D eigenvalue weighted by Gasteiger charge is -1.96.